The van der Waals surface area contributed by atoms with E-state index in [1.165, 1.54) is 109 Å². The van der Waals surface area contributed by atoms with E-state index >= 15 is 0 Å². The Hall–Kier alpha value is -4.71. The van der Waals surface area contributed by atoms with Gasteiger partial charge in [0.05, 0.1) is 0 Å². The molecule has 0 aliphatic heterocycles. The van der Waals surface area contributed by atoms with E-state index in [0.717, 1.165) is 148 Å². The molecular weight excluding hydrogens is 1010 g/mol. The Labute approximate surface area is 506 Å². The molecule has 0 rings (SSSR count). The number of hydrogen-bond donors (Lipinski definition) is 0. The Morgan fingerprint density at radius 3 is 0.793 bits per heavy atom. The largest absolute Gasteiger partial charge is 0.462 e. The molecule has 1 atom stereocenters. The Bertz CT molecular complexity index is 1780. The van der Waals surface area contributed by atoms with Crippen molar-refractivity contribution >= 4 is 17.9 Å². The lowest BCUT2D eigenvalue weighted by Crippen LogP contribution is -2.30. The highest BCUT2D eigenvalue weighted by Crippen LogP contribution is 2.15. The molecule has 0 N–H and O–H groups in total. The molecule has 0 aromatic heterocycles. The summed E-state index contributed by atoms with van der Waals surface area (Å²) in [5, 5.41) is 0. The normalized spacial score (nSPS) is 13.1. The zero-order valence-corrected chi connectivity index (χ0v) is 53.2. The van der Waals surface area contributed by atoms with E-state index in [1.807, 2.05) is 0 Å². The van der Waals surface area contributed by atoms with Crippen molar-refractivity contribution in [2.75, 3.05) is 13.2 Å². The molecule has 0 bridgehead atoms. The number of hydrogen-bond acceptors (Lipinski definition) is 6. The molecule has 1 unspecified atom stereocenters. The number of esters is 3. The van der Waals surface area contributed by atoms with Crippen molar-refractivity contribution in [3.63, 3.8) is 0 Å². The van der Waals surface area contributed by atoms with Crippen molar-refractivity contribution < 1.29 is 28.6 Å². The first-order valence-corrected chi connectivity index (χ1v) is 33.8. The number of unbranched alkanes of at least 4 members (excludes halogenated alkanes) is 25. The summed E-state index contributed by atoms with van der Waals surface area (Å²) < 4.78 is 16.9. The summed E-state index contributed by atoms with van der Waals surface area (Å²) >= 11 is 0. The van der Waals surface area contributed by atoms with Crippen LogP contribution in [0.3, 0.4) is 0 Å². The highest BCUT2D eigenvalue weighted by molar-refractivity contribution is 5.71. The smallest absolute Gasteiger partial charge is 0.306 e. The van der Waals surface area contributed by atoms with Gasteiger partial charge in [-0.3, -0.25) is 14.4 Å². The highest BCUT2D eigenvalue weighted by Gasteiger charge is 2.19. The number of carbonyl (C=O) groups excluding carboxylic acids is 3. The van der Waals surface area contributed by atoms with Crippen LogP contribution in [0.25, 0.3) is 0 Å². The molecule has 0 fully saturated rings. The zero-order valence-electron chi connectivity index (χ0n) is 53.2. The van der Waals surface area contributed by atoms with Gasteiger partial charge in [0, 0.05) is 19.3 Å². The van der Waals surface area contributed by atoms with Crippen LogP contribution in [0.4, 0.5) is 0 Å². The monoisotopic (exact) mass is 1130 g/mol. The quantitative estimate of drug-likeness (QED) is 0.0261. The predicted octanol–water partition coefficient (Wildman–Crippen LogP) is 23.5. The number of allylic oxidation sites excluding steroid dienone is 24. The number of carbonyl (C=O) groups is 3. The molecule has 0 aromatic rings. The third-order valence-electron chi connectivity index (χ3n) is 14.0. The summed E-state index contributed by atoms with van der Waals surface area (Å²) in [6, 6.07) is 0. The summed E-state index contributed by atoms with van der Waals surface area (Å²) in [5.41, 5.74) is 0. The summed E-state index contributed by atoms with van der Waals surface area (Å²) in [6.45, 7) is 6.47. The van der Waals surface area contributed by atoms with Gasteiger partial charge in [-0.15, -0.1) is 0 Å². The number of rotatable bonds is 60. The van der Waals surface area contributed by atoms with E-state index in [-0.39, 0.29) is 31.1 Å². The van der Waals surface area contributed by atoms with Crippen molar-refractivity contribution in [1.29, 1.82) is 0 Å². The molecule has 0 saturated carbocycles. The molecule has 0 amide bonds. The maximum Gasteiger partial charge on any atom is 0.306 e. The van der Waals surface area contributed by atoms with E-state index < -0.39 is 6.10 Å². The Balaban J connectivity index is 4.43. The lowest BCUT2D eigenvalue weighted by Gasteiger charge is -2.18. The number of ether oxygens (including phenoxy) is 3. The van der Waals surface area contributed by atoms with Gasteiger partial charge in [-0.2, -0.15) is 0 Å². The zero-order chi connectivity index (χ0) is 59.2. The summed E-state index contributed by atoms with van der Waals surface area (Å²) in [6.07, 6.45) is 98.5. The van der Waals surface area contributed by atoms with Crippen molar-refractivity contribution in [2.45, 2.75) is 303 Å². The Morgan fingerprint density at radius 1 is 0.256 bits per heavy atom. The van der Waals surface area contributed by atoms with E-state index in [1.54, 1.807) is 0 Å². The SMILES string of the molecule is CC/C=C\C/C=C\C/C=C\C/C=C\C/C=C\C/C=C\C/C=C\C/C=C\C/C=C\CCCCCC(=O)OCC(COC(=O)CCCCCCC/C=C\C/C=C\CCCCC)OC(=O)CCCCCCCCC/C=C\CCCCCCCCC. The van der Waals surface area contributed by atoms with Gasteiger partial charge in [-0.1, -0.05) is 276 Å². The van der Waals surface area contributed by atoms with E-state index in [2.05, 4.69) is 167 Å². The molecule has 82 heavy (non-hydrogen) atoms. The average Bonchev–Trinajstić information content (AvgIpc) is 3.47. The van der Waals surface area contributed by atoms with Crippen LogP contribution in [0.15, 0.2) is 146 Å². The second-order valence-electron chi connectivity index (χ2n) is 22.0. The molecule has 6 heteroatoms. The lowest BCUT2D eigenvalue weighted by atomic mass is 10.1. The molecule has 0 aromatic carbocycles. The molecule has 0 saturated heterocycles. The first kappa shape index (κ1) is 77.3. The molecule has 0 heterocycles. The van der Waals surface area contributed by atoms with Crippen molar-refractivity contribution in [2.24, 2.45) is 0 Å². The van der Waals surface area contributed by atoms with Gasteiger partial charge in [0.2, 0.25) is 0 Å². The minimum atomic E-state index is -0.807. The third-order valence-corrected chi connectivity index (χ3v) is 14.0. The maximum absolute atomic E-state index is 12.9. The van der Waals surface area contributed by atoms with Gasteiger partial charge in [-0.05, 0) is 148 Å². The van der Waals surface area contributed by atoms with E-state index in [9.17, 15) is 14.4 Å². The van der Waals surface area contributed by atoms with Gasteiger partial charge in [0.25, 0.3) is 0 Å². The van der Waals surface area contributed by atoms with Gasteiger partial charge in [-0.25, -0.2) is 0 Å². The van der Waals surface area contributed by atoms with Gasteiger partial charge in [0.1, 0.15) is 13.2 Å². The fourth-order valence-electron chi connectivity index (χ4n) is 8.99. The average molecular weight is 1130 g/mol. The standard InChI is InChI=1S/C76H124O6/c1-4-7-10-13-16-19-22-25-28-30-32-33-34-35-36-37-38-39-40-41-42-43-44-46-48-51-54-57-60-63-66-69-75(78)81-72-73(71-80-74(77)68-65-62-59-56-53-50-47-27-24-21-18-15-12-9-6-3)82-76(79)70-67-64-61-58-55-52-49-45-31-29-26-23-20-17-14-11-8-5-2/h7,10,16,18-19,21,25,27-29,31-33,35-36,38-39,41-42,44,46-47,51,54,73H,4-6,8-9,11-15,17,20,22-24,26,30,34,37,40,43,45,48-50,52-53,55-72H2,1-3H3/b10-7-,19-16-,21-18-,28-25-,31-29-,33-32-,36-35-,39-38-,42-41-,46-44-,47-27-,54-51-. The van der Waals surface area contributed by atoms with Crippen LogP contribution < -0.4 is 0 Å². The Morgan fingerprint density at radius 2 is 0.476 bits per heavy atom. The van der Waals surface area contributed by atoms with Crippen LogP contribution in [0.5, 0.6) is 0 Å². The maximum atomic E-state index is 12.9. The molecule has 0 spiro atoms. The van der Waals surface area contributed by atoms with Crippen LogP contribution in [0.2, 0.25) is 0 Å². The van der Waals surface area contributed by atoms with Crippen molar-refractivity contribution in [3.05, 3.63) is 146 Å². The molecule has 0 aliphatic rings. The Kier molecular flexibility index (Phi) is 64.8. The molecule has 6 nitrogen and oxygen atoms in total. The third kappa shape index (κ3) is 66.1. The molecule has 0 radical (unpaired) electrons. The van der Waals surface area contributed by atoms with Crippen LogP contribution in [-0.2, 0) is 28.6 Å². The second-order valence-corrected chi connectivity index (χ2v) is 22.0. The van der Waals surface area contributed by atoms with E-state index in [4.69, 9.17) is 14.2 Å². The van der Waals surface area contributed by atoms with Gasteiger partial charge < -0.3 is 14.2 Å². The predicted molar refractivity (Wildman–Crippen MR) is 357 cm³/mol. The van der Waals surface area contributed by atoms with Crippen molar-refractivity contribution in [1.82, 2.24) is 0 Å². The minimum Gasteiger partial charge on any atom is -0.462 e. The minimum absolute atomic E-state index is 0.101. The fraction of sp³-hybridized carbons (Fsp3) is 0.645. The molecular formula is C76H124O6. The first-order chi connectivity index (χ1) is 40.5. The van der Waals surface area contributed by atoms with Crippen LogP contribution in [0, 0.1) is 0 Å². The molecule has 0 aliphatic carbocycles. The van der Waals surface area contributed by atoms with Gasteiger partial charge in [0.15, 0.2) is 6.10 Å². The van der Waals surface area contributed by atoms with E-state index in [0.29, 0.717) is 19.3 Å². The summed E-state index contributed by atoms with van der Waals surface area (Å²) in [5.74, 6) is -0.950. The van der Waals surface area contributed by atoms with Gasteiger partial charge >= 0.3 is 17.9 Å². The molecule has 464 valence electrons. The highest BCUT2D eigenvalue weighted by atomic mass is 16.6. The second kappa shape index (κ2) is 68.8. The van der Waals surface area contributed by atoms with Crippen LogP contribution in [0.1, 0.15) is 297 Å². The first-order valence-electron chi connectivity index (χ1n) is 33.8. The lowest BCUT2D eigenvalue weighted by molar-refractivity contribution is -0.167. The summed E-state index contributed by atoms with van der Waals surface area (Å²) in [7, 11) is 0. The fourth-order valence-corrected chi connectivity index (χ4v) is 8.99. The summed E-state index contributed by atoms with van der Waals surface area (Å²) in [4.78, 5) is 38.4. The van der Waals surface area contributed by atoms with Crippen LogP contribution in [-0.4, -0.2) is 37.2 Å². The van der Waals surface area contributed by atoms with Crippen molar-refractivity contribution in [3.8, 4) is 0 Å². The van der Waals surface area contributed by atoms with Crippen LogP contribution >= 0.6 is 0 Å². The topological polar surface area (TPSA) is 78.9 Å².